The van der Waals surface area contributed by atoms with Crippen molar-refractivity contribution in [3.8, 4) is 0 Å². The lowest BCUT2D eigenvalue weighted by atomic mass is 9.87. The second kappa shape index (κ2) is 3.73. The van der Waals surface area contributed by atoms with Crippen LogP contribution in [0.25, 0.3) is 0 Å². The van der Waals surface area contributed by atoms with Gasteiger partial charge in [0.05, 0.1) is 7.85 Å². The summed E-state index contributed by atoms with van der Waals surface area (Å²) in [6.07, 6.45) is 0.124. The highest BCUT2D eigenvalue weighted by atomic mass is 79.9. The molecule has 0 heterocycles. The molecule has 2 atom stereocenters. The summed E-state index contributed by atoms with van der Waals surface area (Å²) >= 11 is 3.00. The maximum absolute atomic E-state index is 13.1. The average Bonchev–Trinajstić information content (AvgIpc) is 1.96. The first-order chi connectivity index (χ1) is 5.52. The minimum atomic E-state index is -1.15. The van der Waals surface area contributed by atoms with Crippen molar-refractivity contribution in [2.24, 2.45) is 0 Å². The maximum Gasteiger partial charge on any atom is 0.126 e. The Morgan fingerprint density at radius 3 is 2.83 bits per heavy atom. The van der Waals surface area contributed by atoms with Gasteiger partial charge in [0.2, 0.25) is 0 Å². The third-order valence-corrected chi connectivity index (χ3v) is 2.40. The van der Waals surface area contributed by atoms with Gasteiger partial charge in [-0.25, -0.2) is 8.78 Å². The van der Waals surface area contributed by atoms with E-state index in [0.717, 1.165) is 0 Å². The van der Waals surface area contributed by atoms with Crippen LogP contribution in [0.3, 0.4) is 0 Å². The van der Waals surface area contributed by atoms with Crippen LogP contribution in [0.2, 0.25) is 0 Å². The van der Waals surface area contributed by atoms with Gasteiger partial charge in [0, 0.05) is 11.1 Å². The summed E-state index contributed by atoms with van der Waals surface area (Å²) in [6.45, 7) is 1.58. The monoisotopic (exact) mass is 232 g/mol. The molecule has 0 aromatic rings. The van der Waals surface area contributed by atoms with Gasteiger partial charge in [-0.2, -0.15) is 0 Å². The molecule has 0 saturated carbocycles. The van der Waals surface area contributed by atoms with Gasteiger partial charge < -0.3 is 0 Å². The van der Waals surface area contributed by atoms with Crippen molar-refractivity contribution in [2.75, 3.05) is 0 Å². The zero-order valence-electron chi connectivity index (χ0n) is 6.65. The average molecular weight is 233 g/mol. The van der Waals surface area contributed by atoms with E-state index in [-0.39, 0.29) is 17.8 Å². The summed E-state index contributed by atoms with van der Waals surface area (Å²) in [7, 11) is 5.38. The van der Waals surface area contributed by atoms with Crippen molar-refractivity contribution in [3.63, 3.8) is 0 Å². The van der Waals surface area contributed by atoms with Gasteiger partial charge in [0.1, 0.15) is 12.0 Å². The molecule has 0 fully saturated rings. The third kappa shape index (κ3) is 1.97. The Bertz CT molecular complexity index is 245. The van der Waals surface area contributed by atoms with Gasteiger partial charge in [-0.15, -0.1) is 0 Å². The Morgan fingerprint density at radius 2 is 2.33 bits per heavy atom. The minimum absolute atomic E-state index is 0.108. The SMILES string of the molecule is [B]C(Br)C1=CC(F)=C(C)CC1F. The van der Waals surface area contributed by atoms with Gasteiger partial charge in [-0.05, 0) is 24.1 Å². The van der Waals surface area contributed by atoms with Gasteiger partial charge in [-0.3, -0.25) is 0 Å². The van der Waals surface area contributed by atoms with E-state index in [1.165, 1.54) is 6.08 Å². The molecule has 0 saturated heterocycles. The molecule has 2 unspecified atom stereocenters. The Kier molecular flexibility index (Phi) is 3.10. The molecule has 0 amide bonds. The molecular formula is C8H8BBrF2. The first-order valence-electron chi connectivity index (χ1n) is 3.63. The van der Waals surface area contributed by atoms with E-state index in [9.17, 15) is 8.78 Å². The van der Waals surface area contributed by atoms with E-state index in [1.807, 2.05) is 0 Å². The van der Waals surface area contributed by atoms with Crippen LogP contribution in [0.1, 0.15) is 13.3 Å². The molecule has 2 radical (unpaired) electrons. The Balaban J connectivity index is 2.93. The first-order valence-corrected chi connectivity index (χ1v) is 4.54. The normalized spacial score (nSPS) is 27.0. The molecule has 0 nitrogen and oxygen atoms in total. The predicted molar refractivity (Wildman–Crippen MR) is 49.9 cm³/mol. The van der Waals surface area contributed by atoms with Gasteiger partial charge in [0.25, 0.3) is 0 Å². The molecule has 0 aromatic heterocycles. The van der Waals surface area contributed by atoms with E-state index in [4.69, 9.17) is 7.85 Å². The van der Waals surface area contributed by atoms with Crippen LogP contribution >= 0.6 is 15.9 Å². The molecule has 1 aliphatic rings. The molecule has 0 N–H and O–H groups in total. The lowest BCUT2D eigenvalue weighted by molar-refractivity contribution is 0.368. The van der Waals surface area contributed by atoms with Crippen LogP contribution in [0.15, 0.2) is 23.0 Å². The van der Waals surface area contributed by atoms with Crippen molar-refractivity contribution >= 4 is 23.8 Å². The molecule has 64 valence electrons. The number of alkyl halides is 2. The van der Waals surface area contributed by atoms with Gasteiger partial charge >= 0.3 is 0 Å². The summed E-state index contributed by atoms with van der Waals surface area (Å²) < 4.78 is 25.5. The number of hydrogen-bond acceptors (Lipinski definition) is 0. The number of rotatable bonds is 1. The minimum Gasteiger partial charge on any atom is -0.242 e. The fourth-order valence-electron chi connectivity index (χ4n) is 1.10. The molecular weight excluding hydrogens is 225 g/mol. The highest BCUT2D eigenvalue weighted by molar-refractivity contribution is 9.10. The standard InChI is InChI=1S/C8H8BBrF2/c1-4-2-7(12)5(8(9)10)3-6(4)11/h3,7-8H,2H2,1H3. The molecule has 0 bridgehead atoms. The Labute approximate surface area is 80.3 Å². The first kappa shape index (κ1) is 9.97. The molecule has 0 aliphatic heterocycles. The highest BCUT2D eigenvalue weighted by Gasteiger charge is 2.23. The summed E-state index contributed by atoms with van der Waals surface area (Å²) in [6, 6.07) is 0. The van der Waals surface area contributed by atoms with E-state index < -0.39 is 10.9 Å². The zero-order valence-corrected chi connectivity index (χ0v) is 8.24. The second-order valence-corrected chi connectivity index (χ2v) is 3.83. The molecule has 12 heavy (non-hydrogen) atoms. The fourth-order valence-corrected chi connectivity index (χ4v) is 1.52. The molecule has 0 spiro atoms. The van der Waals surface area contributed by atoms with Crippen LogP contribution in [0, 0.1) is 0 Å². The van der Waals surface area contributed by atoms with E-state index in [0.29, 0.717) is 5.57 Å². The van der Waals surface area contributed by atoms with Crippen LogP contribution in [-0.2, 0) is 0 Å². The molecule has 0 aromatic carbocycles. The smallest absolute Gasteiger partial charge is 0.126 e. The summed E-state index contributed by atoms with van der Waals surface area (Å²) in [5, 5.41) is 0. The van der Waals surface area contributed by atoms with Crippen LogP contribution in [-0.4, -0.2) is 18.7 Å². The predicted octanol–water partition coefficient (Wildman–Crippen LogP) is 2.79. The summed E-state index contributed by atoms with van der Waals surface area (Å²) in [5.74, 6) is -0.367. The largest absolute Gasteiger partial charge is 0.242 e. The zero-order chi connectivity index (χ0) is 9.30. The van der Waals surface area contributed by atoms with E-state index in [2.05, 4.69) is 15.9 Å². The van der Waals surface area contributed by atoms with Crippen molar-refractivity contribution in [1.29, 1.82) is 0 Å². The Morgan fingerprint density at radius 1 is 1.75 bits per heavy atom. The fraction of sp³-hybridized carbons (Fsp3) is 0.500. The second-order valence-electron chi connectivity index (χ2n) is 2.85. The van der Waals surface area contributed by atoms with Crippen molar-refractivity contribution in [3.05, 3.63) is 23.0 Å². The lowest BCUT2D eigenvalue weighted by Crippen LogP contribution is -2.18. The van der Waals surface area contributed by atoms with E-state index >= 15 is 0 Å². The number of allylic oxidation sites excluding steroid dienone is 4. The lowest BCUT2D eigenvalue weighted by Gasteiger charge is -2.20. The molecule has 4 heteroatoms. The van der Waals surface area contributed by atoms with E-state index in [1.54, 1.807) is 6.92 Å². The summed E-state index contributed by atoms with van der Waals surface area (Å²) in [5.41, 5.74) is 0.720. The molecule has 1 rings (SSSR count). The summed E-state index contributed by atoms with van der Waals surface area (Å²) in [4.78, 5) is 0. The molecule has 1 aliphatic carbocycles. The quantitative estimate of drug-likeness (QED) is 0.482. The topological polar surface area (TPSA) is 0 Å². The number of halogens is 3. The van der Waals surface area contributed by atoms with Gasteiger partial charge in [0.15, 0.2) is 0 Å². The van der Waals surface area contributed by atoms with Crippen molar-refractivity contribution in [2.45, 2.75) is 24.2 Å². The van der Waals surface area contributed by atoms with Crippen molar-refractivity contribution in [1.82, 2.24) is 0 Å². The van der Waals surface area contributed by atoms with Crippen molar-refractivity contribution < 1.29 is 8.78 Å². The highest BCUT2D eigenvalue weighted by Crippen LogP contribution is 2.30. The third-order valence-electron chi connectivity index (χ3n) is 1.87. The Hall–Kier alpha value is -0.115. The van der Waals surface area contributed by atoms with Gasteiger partial charge in [-0.1, -0.05) is 15.9 Å². The van der Waals surface area contributed by atoms with Crippen LogP contribution in [0.5, 0.6) is 0 Å². The number of hydrogen-bond donors (Lipinski definition) is 0. The van der Waals surface area contributed by atoms with Crippen LogP contribution in [0.4, 0.5) is 8.78 Å². The van der Waals surface area contributed by atoms with Crippen LogP contribution < -0.4 is 0 Å². The maximum atomic E-state index is 13.1.